The minimum Gasteiger partial charge on any atom is -0.545 e. The number of benzene rings is 2. The molecule has 2 saturated heterocycles. The third-order valence-electron chi connectivity index (χ3n) is 7.28. The van der Waals surface area contributed by atoms with Crippen molar-refractivity contribution in [3.63, 3.8) is 0 Å². The number of pyridine rings is 1. The molecule has 5 nitrogen and oxygen atoms in total. The number of hydrogen-bond acceptors (Lipinski definition) is 6. The van der Waals surface area contributed by atoms with Crippen molar-refractivity contribution in [2.45, 2.75) is 51.7 Å². The van der Waals surface area contributed by atoms with E-state index >= 15 is 0 Å². The van der Waals surface area contributed by atoms with E-state index in [2.05, 4.69) is 19.1 Å². The van der Waals surface area contributed by atoms with Gasteiger partial charge in [-0.25, -0.2) is 4.98 Å². The number of carbonyl (C=O) groups is 1. The molecule has 4 aromatic rings. The predicted octanol–water partition coefficient (Wildman–Crippen LogP) is 2.44. The maximum Gasteiger partial charge on any atom is 1.00 e. The molecule has 0 spiro atoms. The Bertz CT molecular complexity index is 1420. The van der Waals surface area contributed by atoms with Gasteiger partial charge in [0.2, 0.25) is 0 Å². The molecule has 0 radical (unpaired) electrons. The van der Waals surface area contributed by atoms with Crippen LogP contribution in [0.2, 0.25) is 0 Å². The maximum atomic E-state index is 12.3. The third kappa shape index (κ3) is 4.51. The van der Waals surface area contributed by atoms with Crippen LogP contribution < -0.4 is 39.4 Å². The largest absolute Gasteiger partial charge is 1.00 e. The summed E-state index contributed by atoms with van der Waals surface area (Å²) in [6.07, 6.45) is 4.95. The normalized spacial score (nSPS) is 21.3. The molecule has 0 saturated carbocycles. The number of thiophene rings is 1. The van der Waals surface area contributed by atoms with Crippen molar-refractivity contribution in [1.82, 2.24) is 4.98 Å². The fourth-order valence-corrected chi connectivity index (χ4v) is 6.74. The van der Waals surface area contributed by atoms with Crippen LogP contribution in [0.4, 0.5) is 0 Å². The molecule has 6 rings (SSSR count). The van der Waals surface area contributed by atoms with Crippen molar-refractivity contribution in [3.8, 4) is 16.3 Å². The molecule has 2 atom stereocenters. The van der Waals surface area contributed by atoms with E-state index in [1.165, 1.54) is 5.39 Å². The standard InChI is InChI=1S/C28H27NO4S.Na/c1-15-7-10-23(32-14-17-11-18-8-9-19(12-17)33-18)25-21(28(30)31)13-22(29-26(15)25)27-16(2)20-5-3-4-6-24(20)34-27;/h3-7,10,13,17-19H,8-9,11-12,14H2,1-2H3,(H,30,31);/q;+1/p-1. The first-order chi connectivity index (χ1) is 16.5. The fraction of sp³-hybridized carbons (Fsp3) is 0.357. The Kier molecular flexibility index (Phi) is 6.94. The summed E-state index contributed by atoms with van der Waals surface area (Å²) in [4.78, 5) is 18.2. The Labute approximate surface area is 230 Å². The van der Waals surface area contributed by atoms with Crippen molar-refractivity contribution in [3.05, 3.63) is 59.2 Å². The van der Waals surface area contributed by atoms with Crippen molar-refractivity contribution in [1.29, 1.82) is 0 Å². The van der Waals surface area contributed by atoms with Gasteiger partial charge in [0.25, 0.3) is 0 Å². The van der Waals surface area contributed by atoms with Gasteiger partial charge in [0, 0.05) is 10.3 Å². The number of nitrogens with zero attached hydrogens (tertiary/aromatic N) is 1. The average Bonchev–Trinajstić information content (AvgIpc) is 3.36. The summed E-state index contributed by atoms with van der Waals surface area (Å²) in [6.45, 7) is 4.57. The van der Waals surface area contributed by atoms with Crippen LogP contribution in [0.15, 0.2) is 42.5 Å². The molecule has 2 unspecified atom stereocenters. The van der Waals surface area contributed by atoms with Gasteiger partial charge in [0.1, 0.15) is 5.75 Å². The molecule has 4 heterocycles. The molecule has 7 heteroatoms. The number of aryl methyl sites for hydroxylation is 2. The molecule has 35 heavy (non-hydrogen) atoms. The first-order valence-corrected chi connectivity index (χ1v) is 12.7. The van der Waals surface area contributed by atoms with Crippen LogP contribution in [-0.4, -0.2) is 29.8 Å². The Hall–Kier alpha value is -1.96. The summed E-state index contributed by atoms with van der Waals surface area (Å²) in [5.74, 6) is -0.236. The molecule has 2 bridgehead atoms. The van der Waals surface area contributed by atoms with E-state index in [1.807, 2.05) is 31.2 Å². The molecule has 2 aromatic carbocycles. The van der Waals surface area contributed by atoms with Crippen molar-refractivity contribution < 1.29 is 48.9 Å². The zero-order chi connectivity index (χ0) is 23.4. The quantitative estimate of drug-likeness (QED) is 0.398. The first kappa shape index (κ1) is 24.7. The fourth-order valence-electron chi connectivity index (χ4n) is 5.57. The summed E-state index contributed by atoms with van der Waals surface area (Å²) in [5, 5.41) is 14.0. The monoisotopic (exact) mass is 495 g/mol. The summed E-state index contributed by atoms with van der Waals surface area (Å²) in [6, 6.07) is 13.7. The number of fused-ring (bicyclic) bond motifs is 4. The van der Waals surface area contributed by atoms with Crippen molar-refractivity contribution in [2.75, 3.05) is 6.61 Å². The van der Waals surface area contributed by atoms with E-state index in [9.17, 15) is 9.90 Å². The zero-order valence-corrected chi connectivity index (χ0v) is 23.1. The van der Waals surface area contributed by atoms with Crippen LogP contribution in [0.5, 0.6) is 5.75 Å². The molecule has 2 aliphatic heterocycles. The Balaban J connectivity index is 0.00000253. The number of carboxylic acids is 1. The maximum absolute atomic E-state index is 12.3. The van der Waals surface area contributed by atoms with Crippen molar-refractivity contribution in [2.24, 2.45) is 5.92 Å². The molecule has 2 aromatic heterocycles. The second-order valence-corrected chi connectivity index (χ2v) is 10.7. The van der Waals surface area contributed by atoms with Gasteiger partial charge in [-0.1, -0.05) is 24.3 Å². The Morgan fingerprint density at radius 3 is 2.60 bits per heavy atom. The first-order valence-electron chi connectivity index (χ1n) is 11.9. The van der Waals surface area contributed by atoms with Gasteiger partial charge in [-0.15, -0.1) is 11.3 Å². The van der Waals surface area contributed by atoms with Gasteiger partial charge >= 0.3 is 29.6 Å². The SMILES string of the molecule is Cc1c(-c2cc(C(=O)[O-])c3c(OCC4CC5CCC(C4)O5)ccc(C)c3n2)sc2ccccc12.[Na+]. The van der Waals surface area contributed by atoms with E-state index in [0.717, 1.165) is 46.4 Å². The topological polar surface area (TPSA) is 71.5 Å². The number of rotatable bonds is 5. The summed E-state index contributed by atoms with van der Waals surface area (Å²) < 4.78 is 13.4. The summed E-state index contributed by atoms with van der Waals surface area (Å²) >= 11 is 1.63. The van der Waals surface area contributed by atoms with Gasteiger partial charge in [-0.05, 0) is 80.2 Å². The second kappa shape index (κ2) is 9.83. The van der Waals surface area contributed by atoms with Gasteiger partial charge in [0.15, 0.2) is 0 Å². The molecular formula is C28H26NNaO4S. The van der Waals surface area contributed by atoms with Gasteiger partial charge in [0.05, 0.1) is 46.3 Å². The predicted molar refractivity (Wildman–Crippen MR) is 132 cm³/mol. The molecular weight excluding hydrogens is 469 g/mol. The zero-order valence-electron chi connectivity index (χ0n) is 20.3. The van der Waals surface area contributed by atoms with E-state index in [1.54, 1.807) is 17.4 Å². The molecule has 174 valence electrons. The second-order valence-electron chi connectivity index (χ2n) is 9.60. The number of carboxylic acid groups (broad SMARTS) is 1. The molecule has 2 aliphatic rings. The van der Waals surface area contributed by atoms with Crippen LogP contribution in [0.25, 0.3) is 31.6 Å². The molecule has 0 N–H and O–H groups in total. The number of hydrogen-bond donors (Lipinski definition) is 0. The average molecular weight is 496 g/mol. The van der Waals surface area contributed by atoms with Gasteiger partial charge in [-0.3, -0.25) is 0 Å². The van der Waals surface area contributed by atoms with Gasteiger partial charge in [-0.2, -0.15) is 0 Å². The molecule has 0 aliphatic carbocycles. The van der Waals surface area contributed by atoms with Crippen LogP contribution in [0.1, 0.15) is 47.2 Å². The van der Waals surface area contributed by atoms with E-state index in [0.29, 0.717) is 47.1 Å². The van der Waals surface area contributed by atoms with E-state index in [-0.39, 0.29) is 35.1 Å². The molecule has 2 fully saturated rings. The minimum absolute atomic E-state index is 0. The Morgan fingerprint density at radius 1 is 1.14 bits per heavy atom. The van der Waals surface area contributed by atoms with Gasteiger partial charge < -0.3 is 19.4 Å². The van der Waals surface area contributed by atoms with Crippen molar-refractivity contribution >= 4 is 38.3 Å². The number of carbonyl (C=O) groups excluding carboxylic acids is 1. The number of aromatic carboxylic acids is 1. The van der Waals surface area contributed by atoms with Crippen LogP contribution in [0, 0.1) is 19.8 Å². The number of aromatic nitrogens is 1. The van der Waals surface area contributed by atoms with Crippen LogP contribution in [-0.2, 0) is 4.74 Å². The number of ether oxygens (including phenoxy) is 2. The van der Waals surface area contributed by atoms with Crippen LogP contribution in [0.3, 0.4) is 0 Å². The Morgan fingerprint density at radius 2 is 1.89 bits per heavy atom. The third-order valence-corrected chi connectivity index (χ3v) is 8.58. The molecule has 0 amide bonds. The van der Waals surface area contributed by atoms with E-state index in [4.69, 9.17) is 14.5 Å². The smallest absolute Gasteiger partial charge is 0.545 e. The summed E-state index contributed by atoms with van der Waals surface area (Å²) in [7, 11) is 0. The minimum atomic E-state index is -1.22. The van der Waals surface area contributed by atoms with Crippen LogP contribution >= 0.6 is 11.3 Å². The summed E-state index contributed by atoms with van der Waals surface area (Å²) in [5.41, 5.74) is 3.46. The van der Waals surface area contributed by atoms with E-state index < -0.39 is 5.97 Å².